The summed E-state index contributed by atoms with van der Waals surface area (Å²) >= 11 is 3.20. The summed E-state index contributed by atoms with van der Waals surface area (Å²) < 4.78 is 2.40. The number of rotatable bonds is 2. The van der Waals surface area contributed by atoms with Crippen LogP contribution in [0.4, 0.5) is 0 Å². The van der Waals surface area contributed by atoms with E-state index >= 15 is 0 Å². The van der Waals surface area contributed by atoms with Gasteiger partial charge in [0.15, 0.2) is 0 Å². The predicted molar refractivity (Wildman–Crippen MR) is 42.7 cm³/mol. The summed E-state index contributed by atoms with van der Waals surface area (Å²) in [6.07, 6.45) is 1.47. The Kier molecular flexibility index (Phi) is 2.57. The fourth-order valence-electron chi connectivity index (χ4n) is 0.729. The molecule has 0 unspecified atom stereocenters. The Balaban J connectivity index is 2.85. The van der Waals surface area contributed by atoms with Crippen LogP contribution in [0.5, 0.6) is 0 Å². The van der Waals surface area contributed by atoms with Crippen molar-refractivity contribution >= 4 is 22.0 Å². The molecule has 5 heteroatoms. The van der Waals surface area contributed by atoms with Gasteiger partial charge in [0, 0.05) is 7.05 Å². The third kappa shape index (κ3) is 2.00. The molecule has 0 aliphatic carbocycles. The monoisotopic (exact) mass is 215 g/mol. The maximum Gasteiger partial charge on any atom is 0.235 e. The molecule has 0 radical (unpaired) electrons. The largest absolute Gasteiger partial charge is 0.270 e. The zero-order valence-corrected chi connectivity index (χ0v) is 7.50. The number of halogens is 1. The molecule has 0 aliphatic heterocycles. The van der Waals surface area contributed by atoms with Crippen molar-refractivity contribution in [2.45, 2.75) is 6.54 Å². The van der Waals surface area contributed by atoms with Crippen molar-refractivity contribution in [1.29, 1.82) is 0 Å². The van der Waals surface area contributed by atoms with Gasteiger partial charge in [-0.3, -0.25) is 4.68 Å². The second-order valence-electron chi connectivity index (χ2n) is 1.99. The molecule has 0 atom stereocenters. The van der Waals surface area contributed by atoms with E-state index in [0.29, 0.717) is 6.54 Å². The highest BCUT2D eigenvalue weighted by atomic mass is 79.9. The first-order chi connectivity index (χ1) is 5.24. The van der Waals surface area contributed by atoms with Gasteiger partial charge >= 0.3 is 0 Å². The Morgan fingerprint density at radius 2 is 2.64 bits per heavy atom. The zero-order valence-electron chi connectivity index (χ0n) is 5.91. The highest BCUT2D eigenvalue weighted by Crippen LogP contribution is 2.09. The van der Waals surface area contributed by atoms with Crippen molar-refractivity contribution in [2.75, 3.05) is 0 Å². The van der Waals surface area contributed by atoms with Gasteiger partial charge in [0.2, 0.25) is 6.08 Å². The Bertz CT molecular complexity index is 301. The summed E-state index contributed by atoms with van der Waals surface area (Å²) in [6, 6.07) is 1.81. The van der Waals surface area contributed by atoms with Gasteiger partial charge in [0.05, 0.1) is 12.2 Å². The Labute approximate surface area is 72.1 Å². The molecule has 1 aromatic rings. The second kappa shape index (κ2) is 3.46. The molecule has 1 aromatic heterocycles. The van der Waals surface area contributed by atoms with Gasteiger partial charge in [-0.25, -0.2) is 4.79 Å². The van der Waals surface area contributed by atoms with Crippen LogP contribution < -0.4 is 0 Å². The van der Waals surface area contributed by atoms with Gasteiger partial charge in [-0.15, -0.1) is 0 Å². The van der Waals surface area contributed by atoms with Crippen LogP contribution >= 0.6 is 15.9 Å². The first-order valence-corrected chi connectivity index (χ1v) is 3.75. The van der Waals surface area contributed by atoms with Crippen molar-refractivity contribution < 1.29 is 4.79 Å². The summed E-state index contributed by atoms with van der Waals surface area (Å²) in [4.78, 5) is 13.2. The fraction of sp³-hybridized carbons (Fsp3) is 0.333. The Morgan fingerprint density at radius 1 is 1.91 bits per heavy atom. The van der Waals surface area contributed by atoms with Crippen LogP contribution in [0.2, 0.25) is 0 Å². The molecular weight excluding hydrogens is 210 g/mol. The molecule has 0 saturated heterocycles. The standard InChI is InChI=1S/C6H6BrN3O/c1-10-5(3-8-4-11)2-6(7)9-10/h2H,3H2,1H3. The molecule has 4 nitrogen and oxygen atoms in total. The van der Waals surface area contributed by atoms with E-state index in [9.17, 15) is 4.79 Å². The number of nitrogens with zero attached hydrogens (tertiary/aromatic N) is 3. The SMILES string of the molecule is Cn1nc(Br)cc1CN=C=O. The van der Waals surface area contributed by atoms with Crippen molar-refractivity contribution in [1.82, 2.24) is 9.78 Å². The van der Waals surface area contributed by atoms with Gasteiger partial charge < -0.3 is 0 Å². The molecule has 0 spiro atoms. The molecule has 58 valence electrons. The summed E-state index contributed by atoms with van der Waals surface area (Å²) in [5.74, 6) is 0. The molecule has 0 aliphatic rings. The maximum absolute atomic E-state index is 9.76. The van der Waals surface area contributed by atoms with E-state index < -0.39 is 0 Å². The second-order valence-corrected chi connectivity index (χ2v) is 2.80. The summed E-state index contributed by atoms with van der Waals surface area (Å²) in [5, 5.41) is 4.01. The molecule has 0 fully saturated rings. The van der Waals surface area contributed by atoms with E-state index in [1.54, 1.807) is 17.8 Å². The molecular formula is C6H6BrN3O. The minimum absolute atomic E-state index is 0.332. The summed E-state index contributed by atoms with van der Waals surface area (Å²) in [7, 11) is 1.79. The summed E-state index contributed by atoms with van der Waals surface area (Å²) in [5.41, 5.74) is 0.875. The van der Waals surface area contributed by atoms with Crippen molar-refractivity contribution in [3.8, 4) is 0 Å². The highest BCUT2D eigenvalue weighted by molar-refractivity contribution is 9.10. The number of carbonyl (C=O) groups excluding carboxylic acids is 1. The molecule has 1 heterocycles. The minimum Gasteiger partial charge on any atom is -0.270 e. The van der Waals surface area contributed by atoms with E-state index in [-0.39, 0.29) is 0 Å². The molecule has 0 N–H and O–H groups in total. The van der Waals surface area contributed by atoms with Gasteiger partial charge in [0.25, 0.3) is 0 Å². The topological polar surface area (TPSA) is 47.2 Å². The molecule has 0 amide bonds. The fourth-order valence-corrected chi connectivity index (χ4v) is 1.23. The van der Waals surface area contributed by atoms with E-state index in [1.807, 2.05) is 0 Å². The first kappa shape index (κ1) is 8.17. The van der Waals surface area contributed by atoms with Crippen LogP contribution in [-0.2, 0) is 18.4 Å². The lowest BCUT2D eigenvalue weighted by Gasteiger charge is -1.92. The quantitative estimate of drug-likeness (QED) is 0.547. The van der Waals surface area contributed by atoms with E-state index in [1.165, 1.54) is 6.08 Å². The highest BCUT2D eigenvalue weighted by Gasteiger charge is 2.00. The van der Waals surface area contributed by atoms with Crippen LogP contribution in [0.25, 0.3) is 0 Å². The number of aromatic nitrogens is 2. The van der Waals surface area contributed by atoms with Gasteiger partial charge in [0.1, 0.15) is 4.60 Å². The van der Waals surface area contributed by atoms with Gasteiger partial charge in [-0.05, 0) is 22.0 Å². The Morgan fingerprint density at radius 3 is 3.09 bits per heavy atom. The van der Waals surface area contributed by atoms with E-state index in [2.05, 4.69) is 26.0 Å². The summed E-state index contributed by atoms with van der Waals surface area (Å²) in [6.45, 7) is 0.332. The molecule has 1 rings (SSSR count). The van der Waals surface area contributed by atoms with Crippen LogP contribution in [-0.4, -0.2) is 15.9 Å². The third-order valence-corrected chi connectivity index (χ3v) is 1.64. The number of isocyanates is 1. The number of aliphatic imine (C=N–C) groups is 1. The lowest BCUT2D eigenvalue weighted by molar-refractivity contribution is 0.562. The smallest absolute Gasteiger partial charge is 0.235 e. The lowest BCUT2D eigenvalue weighted by Crippen LogP contribution is -1.95. The first-order valence-electron chi connectivity index (χ1n) is 2.96. The molecule has 11 heavy (non-hydrogen) atoms. The van der Waals surface area contributed by atoms with Crippen LogP contribution in [0, 0.1) is 0 Å². The zero-order chi connectivity index (χ0) is 8.27. The number of hydrogen-bond acceptors (Lipinski definition) is 3. The van der Waals surface area contributed by atoms with Gasteiger partial charge in [-0.1, -0.05) is 0 Å². The number of hydrogen-bond donors (Lipinski definition) is 0. The predicted octanol–water partition coefficient (Wildman–Crippen LogP) is 1.02. The minimum atomic E-state index is 0.332. The van der Waals surface area contributed by atoms with Crippen LogP contribution in [0.3, 0.4) is 0 Å². The normalized spacial score (nSPS) is 9.27. The molecule has 0 saturated carbocycles. The average molecular weight is 216 g/mol. The van der Waals surface area contributed by atoms with Crippen molar-refractivity contribution in [3.05, 3.63) is 16.4 Å². The lowest BCUT2D eigenvalue weighted by atomic mass is 10.4. The van der Waals surface area contributed by atoms with Crippen molar-refractivity contribution in [2.24, 2.45) is 12.0 Å². The third-order valence-electron chi connectivity index (χ3n) is 1.25. The Hall–Kier alpha value is -0.930. The van der Waals surface area contributed by atoms with Gasteiger partial charge in [-0.2, -0.15) is 10.1 Å². The molecule has 0 aromatic carbocycles. The van der Waals surface area contributed by atoms with Crippen LogP contribution in [0.1, 0.15) is 5.69 Å². The maximum atomic E-state index is 9.76. The van der Waals surface area contributed by atoms with Crippen LogP contribution in [0.15, 0.2) is 15.7 Å². The van der Waals surface area contributed by atoms with E-state index in [4.69, 9.17) is 0 Å². The molecule has 0 bridgehead atoms. The van der Waals surface area contributed by atoms with E-state index in [0.717, 1.165) is 10.3 Å². The van der Waals surface area contributed by atoms with Crippen molar-refractivity contribution in [3.63, 3.8) is 0 Å². The number of aryl methyl sites for hydroxylation is 1. The average Bonchev–Trinajstić information content (AvgIpc) is 2.26.